The summed E-state index contributed by atoms with van der Waals surface area (Å²) in [7, 11) is 0. The van der Waals surface area contributed by atoms with E-state index in [2.05, 4.69) is 29.8 Å². The van der Waals surface area contributed by atoms with Gasteiger partial charge in [-0.25, -0.2) is 0 Å². The van der Waals surface area contributed by atoms with Crippen LogP contribution in [0.1, 0.15) is 37.0 Å². The molecular formula is C24H31N3O4. The zero-order chi connectivity index (χ0) is 22.1. The number of benzene rings is 2. The summed E-state index contributed by atoms with van der Waals surface area (Å²) in [6.07, 6.45) is 2.15. The molecule has 7 heteroatoms. The molecule has 0 spiro atoms. The molecule has 2 aromatic carbocycles. The number of rotatable bonds is 10. The minimum atomic E-state index is -0.167. The van der Waals surface area contributed by atoms with Crippen LogP contribution in [0.15, 0.2) is 48.5 Å². The van der Waals surface area contributed by atoms with Crippen LogP contribution in [-0.2, 0) is 9.53 Å². The first-order valence-electron chi connectivity index (χ1n) is 10.8. The molecule has 1 aliphatic heterocycles. The monoisotopic (exact) mass is 425 g/mol. The molecule has 1 heterocycles. The van der Waals surface area contributed by atoms with Gasteiger partial charge in [-0.05, 0) is 55.2 Å². The molecule has 1 saturated heterocycles. The van der Waals surface area contributed by atoms with Gasteiger partial charge < -0.3 is 25.4 Å². The van der Waals surface area contributed by atoms with E-state index in [0.717, 1.165) is 30.9 Å². The van der Waals surface area contributed by atoms with Crippen molar-refractivity contribution in [2.75, 3.05) is 36.9 Å². The highest BCUT2D eigenvalue weighted by atomic mass is 16.5. The summed E-state index contributed by atoms with van der Waals surface area (Å²) in [4.78, 5) is 24.5. The zero-order valence-corrected chi connectivity index (χ0v) is 18.1. The number of ether oxygens (including phenoxy) is 2. The molecule has 1 aliphatic rings. The molecule has 166 valence electrons. The largest absolute Gasteiger partial charge is 0.493 e. The van der Waals surface area contributed by atoms with Crippen molar-refractivity contribution in [1.82, 2.24) is 5.32 Å². The molecule has 2 aromatic rings. The molecule has 2 amide bonds. The van der Waals surface area contributed by atoms with Crippen molar-refractivity contribution in [2.45, 2.75) is 32.8 Å². The molecule has 7 nitrogen and oxygen atoms in total. The van der Waals surface area contributed by atoms with Gasteiger partial charge in [0, 0.05) is 36.2 Å². The first-order valence-corrected chi connectivity index (χ1v) is 10.8. The Hall–Kier alpha value is -3.06. The number of carbonyl (C=O) groups excluding carboxylic acids is 2. The fourth-order valence-electron chi connectivity index (χ4n) is 3.17. The van der Waals surface area contributed by atoms with Crippen molar-refractivity contribution < 1.29 is 19.1 Å². The molecule has 0 bridgehead atoms. The first-order chi connectivity index (χ1) is 15.0. The van der Waals surface area contributed by atoms with Crippen molar-refractivity contribution in [3.05, 3.63) is 54.1 Å². The average Bonchev–Trinajstić information content (AvgIpc) is 3.29. The summed E-state index contributed by atoms with van der Waals surface area (Å²) in [5.41, 5.74) is 2.03. The van der Waals surface area contributed by atoms with E-state index in [1.807, 2.05) is 24.3 Å². The van der Waals surface area contributed by atoms with Crippen molar-refractivity contribution >= 4 is 23.2 Å². The van der Waals surface area contributed by atoms with Crippen LogP contribution in [0.5, 0.6) is 5.75 Å². The fourth-order valence-corrected chi connectivity index (χ4v) is 3.17. The van der Waals surface area contributed by atoms with Gasteiger partial charge in [-0.1, -0.05) is 19.9 Å². The van der Waals surface area contributed by atoms with Crippen LogP contribution in [0.2, 0.25) is 0 Å². The van der Waals surface area contributed by atoms with Crippen molar-refractivity contribution in [3.8, 4) is 5.75 Å². The Morgan fingerprint density at radius 2 is 1.94 bits per heavy atom. The summed E-state index contributed by atoms with van der Waals surface area (Å²) >= 11 is 0. The standard InChI is InChI=1S/C24H31N3O4/c1-17(2)16-31-21-6-3-5-20(13-21)27-23(28)15-25-19-10-8-18(9-11-19)24(29)26-14-22-7-4-12-30-22/h3,5-6,8-11,13,17,22,25H,4,7,12,14-16H2,1-2H3,(H,26,29)(H,27,28). The number of hydrogen-bond acceptors (Lipinski definition) is 5. The van der Waals surface area contributed by atoms with Gasteiger partial charge in [0.15, 0.2) is 0 Å². The Labute approximate surface area is 183 Å². The minimum absolute atomic E-state index is 0.113. The van der Waals surface area contributed by atoms with Crippen molar-refractivity contribution in [3.63, 3.8) is 0 Å². The quantitative estimate of drug-likeness (QED) is 0.540. The van der Waals surface area contributed by atoms with Crippen LogP contribution in [0, 0.1) is 5.92 Å². The van der Waals surface area contributed by atoms with E-state index in [4.69, 9.17) is 9.47 Å². The molecule has 0 radical (unpaired) electrons. The lowest BCUT2D eigenvalue weighted by molar-refractivity contribution is -0.114. The van der Waals surface area contributed by atoms with E-state index in [9.17, 15) is 9.59 Å². The number of anilines is 2. The smallest absolute Gasteiger partial charge is 0.251 e. The van der Waals surface area contributed by atoms with Gasteiger partial charge in [-0.2, -0.15) is 0 Å². The molecule has 1 atom stereocenters. The molecule has 3 rings (SSSR count). The van der Waals surface area contributed by atoms with E-state index in [0.29, 0.717) is 30.3 Å². The second-order valence-electron chi connectivity index (χ2n) is 8.06. The average molecular weight is 426 g/mol. The summed E-state index contributed by atoms with van der Waals surface area (Å²) in [5, 5.41) is 8.82. The Balaban J connectivity index is 1.42. The van der Waals surface area contributed by atoms with Gasteiger partial charge >= 0.3 is 0 Å². The minimum Gasteiger partial charge on any atom is -0.493 e. The maximum Gasteiger partial charge on any atom is 0.251 e. The van der Waals surface area contributed by atoms with E-state index < -0.39 is 0 Å². The molecule has 31 heavy (non-hydrogen) atoms. The van der Waals surface area contributed by atoms with Crippen molar-refractivity contribution in [1.29, 1.82) is 0 Å². The van der Waals surface area contributed by atoms with Crippen LogP contribution in [-0.4, -0.2) is 44.2 Å². The van der Waals surface area contributed by atoms with Crippen LogP contribution in [0.25, 0.3) is 0 Å². The van der Waals surface area contributed by atoms with Gasteiger partial charge in [-0.3, -0.25) is 9.59 Å². The molecule has 1 unspecified atom stereocenters. The van der Waals surface area contributed by atoms with Gasteiger partial charge in [-0.15, -0.1) is 0 Å². The molecular weight excluding hydrogens is 394 g/mol. The van der Waals surface area contributed by atoms with E-state index in [-0.39, 0.29) is 24.5 Å². The molecule has 3 N–H and O–H groups in total. The highest BCUT2D eigenvalue weighted by Gasteiger charge is 2.16. The van der Waals surface area contributed by atoms with Crippen LogP contribution in [0.3, 0.4) is 0 Å². The van der Waals surface area contributed by atoms with Gasteiger partial charge in [0.25, 0.3) is 5.91 Å². The maximum absolute atomic E-state index is 12.3. The van der Waals surface area contributed by atoms with Gasteiger partial charge in [0.05, 0.1) is 19.3 Å². The Morgan fingerprint density at radius 3 is 2.65 bits per heavy atom. The van der Waals surface area contributed by atoms with Gasteiger partial charge in [0.1, 0.15) is 5.75 Å². The fraction of sp³-hybridized carbons (Fsp3) is 0.417. The number of carbonyl (C=O) groups is 2. The summed E-state index contributed by atoms with van der Waals surface area (Å²) < 4.78 is 11.2. The zero-order valence-electron chi connectivity index (χ0n) is 18.1. The molecule has 0 aromatic heterocycles. The lowest BCUT2D eigenvalue weighted by Gasteiger charge is -2.12. The van der Waals surface area contributed by atoms with Crippen LogP contribution >= 0.6 is 0 Å². The topological polar surface area (TPSA) is 88.7 Å². The molecule has 0 saturated carbocycles. The van der Waals surface area contributed by atoms with Gasteiger partial charge in [0.2, 0.25) is 5.91 Å². The maximum atomic E-state index is 12.3. The highest BCUT2D eigenvalue weighted by Crippen LogP contribution is 2.18. The number of amides is 2. The summed E-state index contributed by atoms with van der Waals surface area (Å²) in [6, 6.07) is 14.4. The third-order valence-electron chi connectivity index (χ3n) is 4.82. The Bertz CT molecular complexity index is 861. The lowest BCUT2D eigenvalue weighted by Crippen LogP contribution is -2.31. The lowest BCUT2D eigenvalue weighted by atomic mass is 10.2. The second-order valence-corrected chi connectivity index (χ2v) is 8.06. The summed E-state index contributed by atoms with van der Waals surface area (Å²) in [6.45, 7) is 6.21. The van der Waals surface area contributed by atoms with Crippen LogP contribution in [0.4, 0.5) is 11.4 Å². The Kier molecular flexibility index (Phi) is 8.29. The van der Waals surface area contributed by atoms with E-state index in [1.54, 1.807) is 24.3 Å². The highest BCUT2D eigenvalue weighted by molar-refractivity contribution is 5.95. The Morgan fingerprint density at radius 1 is 1.13 bits per heavy atom. The third-order valence-corrected chi connectivity index (χ3v) is 4.82. The van der Waals surface area contributed by atoms with Crippen molar-refractivity contribution in [2.24, 2.45) is 5.92 Å². The molecule has 0 aliphatic carbocycles. The predicted octanol–water partition coefficient (Wildman–Crippen LogP) is 3.68. The predicted molar refractivity (Wildman–Crippen MR) is 122 cm³/mol. The first kappa shape index (κ1) is 22.6. The van der Waals surface area contributed by atoms with E-state index in [1.165, 1.54) is 0 Å². The third kappa shape index (κ3) is 7.61. The van der Waals surface area contributed by atoms with Crippen LogP contribution < -0.4 is 20.7 Å². The number of hydrogen-bond donors (Lipinski definition) is 3. The van der Waals surface area contributed by atoms with E-state index >= 15 is 0 Å². The second kappa shape index (κ2) is 11.4. The number of nitrogens with one attached hydrogen (secondary N) is 3. The molecule has 1 fully saturated rings. The SMILES string of the molecule is CC(C)COc1cccc(NC(=O)CNc2ccc(C(=O)NCC3CCCO3)cc2)c1. The normalized spacial score (nSPS) is 15.5. The summed E-state index contributed by atoms with van der Waals surface area (Å²) in [5.74, 6) is 0.868.